The summed E-state index contributed by atoms with van der Waals surface area (Å²) in [6.07, 6.45) is 8.38. The Balaban J connectivity index is 1.38. The third-order valence-electron chi connectivity index (χ3n) is 5.78. The fourth-order valence-electron chi connectivity index (χ4n) is 4.29. The summed E-state index contributed by atoms with van der Waals surface area (Å²) in [4.78, 5) is 4.82. The van der Waals surface area contributed by atoms with Gasteiger partial charge in [0.2, 0.25) is 0 Å². The zero-order chi connectivity index (χ0) is 19.1. The molecule has 3 aromatic rings. The molecule has 0 radical (unpaired) electrons. The van der Waals surface area contributed by atoms with Crippen molar-refractivity contribution in [2.45, 2.75) is 50.0 Å². The highest BCUT2D eigenvalue weighted by atomic mass is 32.2. The molecule has 1 aliphatic heterocycles. The molecule has 1 aromatic heterocycles. The molecule has 2 aliphatic rings. The van der Waals surface area contributed by atoms with Crippen LogP contribution in [0.3, 0.4) is 0 Å². The number of fused-ring (bicyclic) bond motifs is 2. The molecule has 0 saturated carbocycles. The van der Waals surface area contributed by atoms with E-state index in [0.717, 1.165) is 55.7 Å². The minimum absolute atomic E-state index is 0.339. The maximum atomic E-state index is 12.8. The third kappa shape index (κ3) is 3.11. The number of benzene rings is 2. The van der Waals surface area contributed by atoms with Gasteiger partial charge in [0, 0.05) is 18.7 Å². The molecule has 0 unspecified atom stereocenters. The van der Waals surface area contributed by atoms with E-state index in [9.17, 15) is 8.42 Å². The van der Waals surface area contributed by atoms with Crippen molar-refractivity contribution in [1.82, 2.24) is 9.55 Å². The fraction of sp³-hybridized carbons (Fsp3) is 0.318. The molecule has 1 aliphatic carbocycles. The monoisotopic (exact) mass is 393 g/mol. The molecule has 5 rings (SSSR count). The number of imidazole rings is 1. The van der Waals surface area contributed by atoms with Crippen LogP contribution in [-0.4, -0.2) is 18.0 Å². The van der Waals surface area contributed by atoms with Gasteiger partial charge in [-0.1, -0.05) is 18.2 Å². The molecule has 2 aromatic carbocycles. The number of hydrogen-bond donors (Lipinski definition) is 1. The van der Waals surface area contributed by atoms with E-state index in [0.29, 0.717) is 10.6 Å². The van der Waals surface area contributed by atoms with Gasteiger partial charge in [0.1, 0.15) is 5.82 Å². The molecule has 1 N–H and O–H groups in total. The van der Waals surface area contributed by atoms with E-state index in [2.05, 4.69) is 14.3 Å². The number of anilines is 1. The highest BCUT2D eigenvalue weighted by Crippen LogP contribution is 2.28. The smallest absolute Gasteiger partial charge is 0.261 e. The van der Waals surface area contributed by atoms with Crippen molar-refractivity contribution >= 4 is 15.7 Å². The Labute approximate surface area is 165 Å². The molecule has 6 heteroatoms. The Hall–Kier alpha value is -2.60. The van der Waals surface area contributed by atoms with Crippen LogP contribution in [0.1, 0.15) is 36.2 Å². The van der Waals surface area contributed by atoms with Gasteiger partial charge in [-0.2, -0.15) is 0 Å². The SMILES string of the molecule is O=S(=O)(Nc1ccc(-c2cnc3n2CCC3)cc1)c1ccc2c(c1)CCCC2. The first-order valence-electron chi connectivity index (χ1n) is 9.90. The van der Waals surface area contributed by atoms with Gasteiger partial charge in [-0.15, -0.1) is 0 Å². The molecule has 0 spiro atoms. The topological polar surface area (TPSA) is 64.0 Å². The van der Waals surface area contributed by atoms with E-state index in [4.69, 9.17) is 0 Å². The van der Waals surface area contributed by atoms with Gasteiger partial charge in [0.25, 0.3) is 10.0 Å². The van der Waals surface area contributed by atoms with E-state index in [1.165, 1.54) is 17.5 Å². The summed E-state index contributed by atoms with van der Waals surface area (Å²) in [5.41, 5.74) is 5.17. The second-order valence-corrected chi connectivity index (χ2v) is 9.32. The van der Waals surface area contributed by atoms with Crippen LogP contribution in [0, 0.1) is 0 Å². The average molecular weight is 394 g/mol. The van der Waals surface area contributed by atoms with E-state index in [1.54, 1.807) is 6.07 Å². The lowest BCUT2D eigenvalue weighted by Crippen LogP contribution is -2.14. The zero-order valence-electron chi connectivity index (χ0n) is 15.7. The molecule has 0 atom stereocenters. The van der Waals surface area contributed by atoms with E-state index >= 15 is 0 Å². The zero-order valence-corrected chi connectivity index (χ0v) is 16.5. The van der Waals surface area contributed by atoms with E-state index in [-0.39, 0.29) is 0 Å². The molecule has 0 bridgehead atoms. The summed E-state index contributed by atoms with van der Waals surface area (Å²) in [5, 5.41) is 0. The van der Waals surface area contributed by atoms with Crippen LogP contribution in [-0.2, 0) is 35.8 Å². The van der Waals surface area contributed by atoms with Crippen molar-refractivity contribution in [3.05, 3.63) is 65.6 Å². The lowest BCUT2D eigenvalue weighted by atomic mass is 9.92. The van der Waals surface area contributed by atoms with Gasteiger partial charge >= 0.3 is 0 Å². The fourth-order valence-corrected chi connectivity index (χ4v) is 5.40. The summed E-state index contributed by atoms with van der Waals surface area (Å²) in [6, 6.07) is 13.1. The van der Waals surface area contributed by atoms with Gasteiger partial charge in [0.05, 0.1) is 16.8 Å². The maximum Gasteiger partial charge on any atom is 0.261 e. The number of nitrogens with one attached hydrogen (secondary N) is 1. The number of sulfonamides is 1. The molecular weight excluding hydrogens is 370 g/mol. The number of nitrogens with zero attached hydrogens (tertiary/aromatic N) is 2. The van der Waals surface area contributed by atoms with Gasteiger partial charge in [0.15, 0.2) is 0 Å². The van der Waals surface area contributed by atoms with Crippen LogP contribution in [0.5, 0.6) is 0 Å². The summed E-state index contributed by atoms with van der Waals surface area (Å²) >= 11 is 0. The quantitative estimate of drug-likeness (QED) is 0.723. The molecule has 5 nitrogen and oxygen atoms in total. The highest BCUT2D eigenvalue weighted by molar-refractivity contribution is 7.92. The average Bonchev–Trinajstić information content (AvgIpc) is 3.32. The second-order valence-electron chi connectivity index (χ2n) is 7.64. The van der Waals surface area contributed by atoms with E-state index < -0.39 is 10.0 Å². The van der Waals surface area contributed by atoms with Crippen LogP contribution >= 0.6 is 0 Å². The standard InChI is InChI=1S/C22H23N3O2S/c26-28(27,20-12-9-16-4-1-2-5-18(16)14-20)24-19-10-7-17(8-11-19)21-15-23-22-6-3-13-25(21)22/h7-12,14-15,24H,1-6,13H2. The normalized spacial score (nSPS) is 15.9. The minimum Gasteiger partial charge on any atom is -0.328 e. The Morgan fingerprint density at radius 3 is 2.50 bits per heavy atom. The van der Waals surface area contributed by atoms with Crippen LogP contribution in [0.2, 0.25) is 0 Å². The van der Waals surface area contributed by atoms with E-state index in [1.807, 2.05) is 42.6 Å². The number of hydrogen-bond acceptors (Lipinski definition) is 3. The molecule has 28 heavy (non-hydrogen) atoms. The second kappa shape index (κ2) is 6.78. The predicted octanol–water partition coefficient (Wildman–Crippen LogP) is 4.18. The Morgan fingerprint density at radius 2 is 1.68 bits per heavy atom. The van der Waals surface area contributed by atoms with Crippen molar-refractivity contribution in [3.8, 4) is 11.3 Å². The maximum absolute atomic E-state index is 12.8. The van der Waals surface area contributed by atoms with Crippen molar-refractivity contribution in [3.63, 3.8) is 0 Å². The van der Waals surface area contributed by atoms with Gasteiger partial charge in [-0.25, -0.2) is 13.4 Å². The third-order valence-corrected chi connectivity index (χ3v) is 7.16. The highest BCUT2D eigenvalue weighted by Gasteiger charge is 2.19. The number of aromatic nitrogens is 2. The summed E-state index contributed by atoms with van der Waals surface area (Å²) in [7, 11) is -3.59. The Kier molecular flexibility index (Phi) is 4.23. The van der Waals surface area contributed by atoms with Gasteiger partial charge < -0.3 is 4.57 Å². The van der Waals surface area contributed by atoms with Crippen LogP contribution in [0.25, 0.3) is 11.3 Å². The van der Waals surface area contributed by atoms with Crippen LogP contribution < -0.4 is 4.72 Å². The van der Waals surface area contributed by atoms with Crippen LogP contribution in [0.4, 0.5) is 5.69 Å². The van der Waals surface area contributed by atoms with Crippen molar-refractivity contribution < 1.29 is 8.42 Å². The molecular formula is C22H23N3O2S. The number of rotatable bonds is 4. The Morgan fingerprint density at radius 1 is 0.893 bits per heavy atom. The molecule has 0 amide bonds. The molecule has 2 heterocycles. The summed E-state index contributed by atoms with van der Waals surface area (Å²) < 4.78 is 30.6. The first-order valence-corrected chi connectivity index (χ1v) is 11.4. The lowest BCUT2D eigenvalue weighted by Gasteiger charge is -2.17. The lowest BCUT2D eigenvalue weighted by molar-refractivity contribution is 0.600. The molecule has 0 saturated heterocycles. The summed E-state index contributed by atoms with van der Waals surface area (Å²) in [5.74, 6) is 1.13. The summed E-state index contributed by atoms with van der Waals surface area (Å²) in [6.45, 7) is 0.997. The van der Waals surface area contributed by atoms with Crippen molar-refractivity contribution in [2.75, 3.05) is 4.72 Å². The molecule has 0 fully saturated rings. The Bertz CT molecular complexity index is 1130. The largest absolute Gasteiger partial charge is 0.328 e. The first-order chi connectivity index (χ1) is 13.6. The van der Waals surface area contributed by atoms with Crippen molar-refractivity contribution in [2.24, 2.45) is 0 Å². The predicted molar refractivity (Wildman–Crippen MR) is 110 cm³/mol. The molecule has 144 valence electrons. The first kappa shape index (κ1) is 17.5. The van der Waals surface area contributed by atoms with Gasteiger partial charge in [-0.3, -0.25) is 4.72 Å². The number of aryl methyl sites for hydroxylation is 3. The van der Waals surface area contributed by atoms with Crippen molar-refractivity contribution in [1.29, 1.82) is 0 Å². The van der Waals surface area contributed by atoms with Gasteiger partial charge in [-0.05, 0) is 73.1 Å². The van der Waals surface area contributed by atoms with Crippen LogP contribution in [0.15, 0.2) is 53.6 Å². The minimum atomic E-state index is -3.59.